The van der Waals surface area contributed by atoms with E-state index in [0.29, 0.717) is 49.9 Å². The zero-order valence-electron chi connectivity index (χ0n) is 15.6. The number of piperidine rings is 1. The lowest BCUT2D eigenvalue weighted by atomic mass is 10.1. The molecule has 2 rings (SSSR count). The topological polar surface area (TPSA) is 83.0 Å². The maximum atomic E-state index is 11.8. The van der Waals surface area contributed by atoms with Crippen molar-refractivity contribution >= 4 is 53.4 Å². The van der Waals surface area contributed by atoms with Crippen molar-refractivity contribution < 1.29 is 14.3 Å². The van der Waals surface area contributed by atoms with E-state index in [4.69, 9.17) is 16.3 Å². The molecule has 2 amide bonds. The third-order valence-electron chi connectivity index (χ3n) is 4.18. The van der Waals surface area contributed by atoms with Gasteiger partial charge in [0, 0.05) is 44.5 Å². The fourth-order valence-electron chi connectivity index (χ4n) is 2.73. The lowest BCUT2D eigenvalue weighted by Crippen LogP contribution is -2.46. The second kappa shape index (κ2) is 12.0. The van der Waals surface area contributed by atoms with Gasteiger partial charge in [-0.2, -0.15) is 0 Å². The van der Waals surface area contributed by atoms with E-state index in [9.17, 15) is 9.59 Å². The molecule has 2 N–H and O–H groups in total. The molecule has 1 fully saturated rings. The minimum Gasteiger partial charge on any atom is -0.497 e. The van der Waals surface area contributed by atoms with E-state index in [1.54, 1.807) is 20.2 Å². The van der Waals surface area contributed by atoms with Crippen LogP contribution < -0.4 is 15.4 Å². The van der Waals surface area contributed by atoms with Crippen molar-refractivity contribution in [3.8, 4) is 5.75 Å². The normalized spacial score (nSPS) is 14.6. The number of nitrogens with zero attached hydrogens (tertiary/aromatic N) is 2. The summed E-state index contributed by atoms with van der Waals surface area (Å²) in [5.74, 6) is 1.15. The van der Waals surface area contributed by atoms with Crippen LogP contribution in [-0.2, 0) is 16.0 Å². The van der Waals surface area contributed by atoms with Gasteiger partial charge in [-0.05, 0) is 30.5 Å². The van der Waals surface area contributed by atoms with Gasteiger partial charge in [0.2, 0.25) is 11.8 Å². The highest BCUT2D eigenvalue weighted by Crippen LogP contribution is 2.22. The number of imide groups is 1. The summed E-state index contributed by atoms with van der Waals surface area (Å²) in [6.45, 7) is 1.45. The van der Waals surface area contributed by atoms with Gasteiger partial charge in [0.1, 0.15) is 5.75 Å². The minimum absolute atomic E-state index is 0. The third-order valence-corrected chi connectivity index (χ3v) is 4.53. The minimum atomic E-state index is -0.0971. The SMILES string of the molecule is CN=C(NCCc1ccc(OC)cc1Cl)NCCN1C(=O)CCCC1=O.I. The number of carbonyl (C=O) groups excluding carboxylic acids is 2. The van der Waals surface area contributed by atoms with Crippen LogP contribution in [0, 0.1) is 0 Å². The molecule has 0 spiro atoms. The van der Waals surface area contributed by atoms with Crippen LogP contribution in [0.15, 0.2) is 23.2 Å². The predicted molar refractivity (Wildman–Crippen MR) is 117 cm³/mol. The summed E-state index contributed by atoms with van der Waals surface area (Å²) in [6.07, 6.45) is 2.27. The van der Waals surface area contributed by atoms with E-state index in [0.717, 1.165) is 17.7 Å². The van der Waals surface area contributed by atoms with Crippen LogP contribution in [0.25, 0.3) is 0 Å². The smallest absolute Gasteiger partial charge is 0.229 e. The van der Waals surface area contributed by atoms with Gasteiger partial charge in [-0.15, -0.1) is 24.0 Å². The Bertz CT molecular complexity index is 669. The van der Waals surface area contributed by atoms with Crippen LogP contribution in [-0.4, -0.2) is 56.5 Å². The number of hydrogen-bond donors (Lipinski definition) is 2. The van der Waals surface area contributed by atoms with Crippen molar-refractivity contribution in [1.29, 1.82) is 0 Å². The summed E-state index contributed by atoms with van der Waals surface area (Å²) in [7, 11) is 3.28. The number of carbonyl (C=O) groups is 2. The van der Waals surface area contributed by atoms with E-state index in [2.05, 4.69) is 15.6 Å². The summed E-state index contributed by atoms with van der Waals surface area (Å²) in [5.41, 5.74) is 1.01. The summed E-state index contributed by atoms with van der Waals surface area (Å²) < 4.78 is 5.14. The summed E-state index contributed by atoms with van der Waals surface area (Å²) in [6, 6.07) is 5.60. The van der Waals surface area contributed by atoms with Crippen LogP contribution in [0.2, 0.25) is 5.02 Å². The van der Waals surface area contributed by atoms with Crippen molar-refractivity contribution in [2.75, 3.05) is 33.8 Å². The predicted octanol–water partition coefficient (Wildman–Crippen LogP) is 2.21. The number of aliphatic imine (C=N–C) groups is 1. The fraction of sp³-hybridized carbons (Fsp3) is 0.500. The van der Waals surface area contributed by atoms with Gasteiger partial charge >= 0.3 is 0 Å². The first-order chi connectivity index (χ1) is 12.5. The van der Waals surface area contributed by atoms with Crippen LogP contribution in [0.1, 0.15) is 24.8 Å². The van der Waals surface area contributed by atoms with Gasteiger partial charge in [0.05, 0.1) is 7.11 Å². The van der Waals surface area contributed by atoms with Crippen molar-refractivity contribution in [1.82, 2.24) is 15.5 Å². The molecule has 0 aromatic heterocycles. The van der Waals surface area contributed by atoms with Crippen molar-refractivity contribution in [2.24, 2.45) is 4.99 Å². The molecule has 9 heteroatoms. The maximum Gasteiger partial charge on any atom is 0.229 e. The van der Waals surface area contributed by atoms with Crippen LogP contribution in [0.3, 0.4) is 0 Å². The molecule has 0 radical (unpaired) electrons. The van der Waals surface area contributed by atoms with Crippen molar-refractivity contribution in [2.45, 2.75) is 25.7 Å². The number of hydrogen-bond acceptors (Lipinski definition) is 4. The lowest BCUT2D eigenvalue weighted by molar-refractivity contribution is -0.147. The van der Waals surface area contributed by atoms with Crippen LogP contribution >= 0.6 is 35.6 Å². The number of guanidine groups is 1. The standard InChI is InChI=1S/C18H25ClN4O3.HI/c1-20-18(22-10-11-23-16(24)4-3-5-17(23)25)21-9-8-13-6-7-14(26-2)12-15(13)19;/h6-7,12H,3-5,8-11H2,1-2H3,(H2,20,21,22);1H. The van der Waals surface area contributed by atoms with E-state index in [1.807, 2.05) is 12.1 Å². The molecule has 0 unspecified atom stereocenters. The second-order valence-electron chi connectivity index (χ2n) is 5.93. The molecule has 1 aliphatic rings. The molecule has 1 heterocycles. The van der Waals surface area contributed by atoms with Gasteiger partial charge in [0.25, 0.3) is 0 Å². The monoisotopic (exact) mass is 508 g/mol. The highest BCUT2D eigenvalue weighted by molar-refractivity contribution is 14.0. The summed E-state index contributed by atoms with van der Waals surface area (Å²) >= 11 is 6.23. The van der Waals surface area contributed by atoms with Crippen LogP contribution in [0.4, 0.5) is 0 Å². The van der Waals surface area contributed by atoms with Crippen LogP contribution in [0.5, 0.6) is 5.75 Å². The number of amides is 2. The van der Waals surface area contributed by atoms with E-state index < -0.39 is 0 Å². The Kier molecular flexibility index (Phi) is 10.5. The third kappa shape index (κ3) is 7.17. The Labute approximate surface area is 181 Å². The number of rotatable bonds is 7. The molecule has 7 nitrogen and oxygen atoms in total. The van der Waals surface area contributed by atoms with Gasteiger partial charge in [-0.3, -0.25) is 19.5 Å². The number of ether oxygens (including phenoxy) is 1. The van der Waals surface area contributed by atoms with Crippen molar-refractivity contribution in [3.63, 3.8) is 0 Å². The maximum absolute atomic E-state index is 11.8. The van der Waals surface area contributed by atoms with E-state index >= 15 is 0 Å². The van der Waals surface area contributed by atoms with Gasteiger partial charge in [0.15, 0.2) is 5.96 Å². The summed E-state index contributed by atoms with van der Waals surface area (Å²) in [5, 5.41) is 6.97. The number of methoxy groups -OCH3 is 1. The molecule has 150 valence electrons. The Balaban J connectivity index is 0.00000364. The molecular formula is C18H26ClIN4O3. The quantitative estimate of drug-likeness (QED) is 0.255. The Morgan fingerprint density at radius 1 is 1.22 bits per heavy atom. The number of halogens is 2. The lowest BCUT2D eigenvalue weighted by Gasteiger charge is -2.25. The Morgan fingerprint density at radius 2 is 1.89 bits per heavy atom. The first-order valence-electron chi connectivity index (χ1n) is 8.65. The molecule has 1 aromatic rings. The largest absolute Gasteiger partial charge is 0.497 e. The highest BCUT2D eigenvalue weighted by Gasteiger charge is 2.25. The average molecular weight is 509 g/mol. The van der Waals surface area contributed by atoms with Gasteiger partial charge in [-0.25, -0.2) is 0 Å². The zero-order chi connectivity index (χ0) is 18.9. The molecule has 1 aliphatic heterocycles. The Morgan fingerprint density at radius 3 is 2.48 bits per heavy atom. The Hall–Kier alpha value is -1.55. The molecule has 0 saturated carbocycles. The van der Waals surface area contributed by atoms with E-state index in [1.165, 1.54) is 4.90 Å². The molecular weight excluding hydrogens is 483 g/mol. The highest BCUT2D eigenvalue weighted by atomic mass is 127. The molecule has 0 aliphatic carbocycles. The van der Waals surface area contributed by atoms with E-state index in [-0.39, 0.29) is 35.8 Å². The van der Waals surface area contributed by atoms with Gasteiger partial charge < -0.3 is 15.4 Å². The molecule has 1 aromatic carbocycles. The number of nitrogens with one attached hydrogen (secondary N) is 2. The first kappa shape index (κ1) is 23.5. The molecule has 1 saturated heterocycles. The molecule has 0 bridgehead atoms. The average Bonchev–Trinajstić information content (AvgIpc) is 2.63. The second-order valence-corrected chi connectivity index (χ2v) is 6.33. The molecule has 0 atom stereocenters. The zero-order valence-corrected chi connectivity index (χ0v) is 18.7. The molecule has 27 heavy (non-hydrogen) atoms. The summed E-state index contributed by atoms with van der Waals surface area (Å²) in [4.78, 5) is 29.0. The number of likely N-dealkylation sites (tertiary alicyclic amines) is 1. The van der Waals surface area contributed by atoms with Crippen molar-refractivity contribution in [3.05, 3.63) is 28.8 Å². The van der Waals surface area contributed by atoms with Gasteiger partial charge in [-0.1, -0.05) is 17.7 Å². The first-order valence-corrected chi connectivity index (χ1v) is 9.03. The fourth-order valence-corrected chi connectivity index (χ4v) is 2.99. The number of benzene rings is 1.